The molecule has 202 valence electrons. The topological polar surface area (TPSA) is 58.6 Å². The molecule has 0 aliphatic rings. The number of hydrogen-bond acceptors (Lipinski definition) is 3. The van der Waals surface area contributed by atoms with Gasteiger partial charge < -0.3 is 15.0 Å². The van der Waals surface area contributed by atoms with Crippen LogP contribution in [0.3, 0.4) is 0 Å². The van der Waals surface area contributed by atoms with Gasteiger partial charge in [-0.3, -0.25) is 9.59 Å². The summed E-state index contributed by atoms with van der Waals surface area (Å²) in [6.45, 7) is 6.51. The van der Waals surface area contributed by atoms with E-state index in [4.69, 9.17) is 27.9 Å². The van der Waals surface area contributed by atoms with Gasteiger partial charge in [-0.15, -0.1) is 0 Å². The lowest BCUT2D eigenvalue weighted by atomic mass is 10.0. The second kappa shape index (κ2) is 14.6. The van der Waals surface area contributed by atoms with Crippen LogP contribution in [-0.4, -0.2) is 35.9 Å². The van der Waals surface area contributed by atoms with E-state index < -0.39 is 6.04 Å². The molecule has 0 saturated carbocycles. The summed E-state index contributed by atoms with van der Waals surface area (Å²) in [6.07, 6.45) is 1.23. The van der Waals surface area contributed by atoms with Crippen LogP contribution in [-0.2, 0) is 29.0 Å². The van der Waals surface area contributed by atoms with Gasteiger partial charge in [0.2, 0.25) is 5.91 Å². The molecule has 0 aromatic heterocycles. The van der Waals surface area contributed by atoms with Crippen molar-refractivity contribution in [2.75, 3.05) is 13.2 Å². The van der Waals surface area contributed by atoms with Crippen LogP contribution in [0.2, 0.25) is 10.0 Å². The zero-order valence-electron chi connectivity index (χ0n) is 21.8. The van der Waals surface area contributed by atoms with Crippen LogP contribution in [0.15, 0.2) is 71.2 Å². The van der Waals surface area contributed by atoms with E-state index in [-0.39, 0.29) is 30.9 Å². The van der Waals surface area contributed by atoms with Gasteiger partial charge in [0.1, 0.15) is 11.8 Å². The Balaban J connectivity index is 1.93. The Labute approximate surface area is 243 Å². The van der Waals surface area contributed by atoms with E-state index in [9.17, 15) is 9.59 Å². The molecule has 0 aliphatic heterocycles. The molecule has 1 N–H and O–H groups in total. The highest BCUT2D eigenvalue weighted by Gasteiger charge is 2.31. The molecule has 0 spiro atoms. The number of benzene rings is 3. The van der Waals surface area contributed by atoms with Crippen molar-refractivity contribution in [3.05, 3.63) is 97.9 Å². The summed E-state index contributed by atoms with van der Waals surface area (Å²) in [6, 6.07) is 19.8. The van der Waals surface area contributed by atoms with Crippen LogP contribution in [0, 0.1) is 5.92 Å². The fourth-order valence-corrected chi connectivity index (χ4v) is 4.92. The van der Waals surface area contributed by atoms with Crippen molar-refractivity contribution in [1.82, 2.24) is 10.2 Å². The number of amides is 2. The Hall–Kier alpha value is -2.54. The summed E-state index contributed by atoms with van der Waals surface area (Å²) in [5.41, 5.74) is 2.78. The maximum atomic E-state index is 13.7. The first-order valence-electron chi connectivity index (χ1n) is 12.6. The molecule has 0 heterocycles. The zero-order chi connectivity index (χ0) is 27.7. The van der Waals surface area contributed by atoms with E-state index in [2.05, 4.69) is 28.2 Å². The lowest BCUT2D eigenvalue weighted by Crippen LogP contribution is -2.52. The lowest BCUT2D eigenvalue weighted by Gasteiger charge is -2.32. The average Bonchev–Trinajstić information content (AvgIpc) is 2.90. The van der Waals surface area contributed by atoms with Gasteiger partial charge in [-0.1, -0.05) is 86.4 Å². The first kappa shape index (κ1) is 30.0. The number of carbonyl (C=O) groups is 2. The summed E-state index contributed by atoms with van der Waals surface area (Å²) in [5, 5.41) is 3.93. The molecule has 3 rings (SSSR count). The van der Waals surface area contributed by atoms with Crippen LogP contribution in [0.4, 0.5) is 0 Å². The third-order valence-electron chi connectivity index (χ3n) is 6.07. The molecule has 0 fully saturated rings. The van der Waals surface area contributed by atoms with Gasteiger partial charge in [0.15, 0.2) is 6.61 Å². The van der Waals surface area contributed by atoms with Crippen molar-refractivity contribution >= 4 is 50.9 Å². The van der Waals surface area contributed by atoms with E-state index >= 15 is 0 Å². The van der Waals surface area contributed by atoms with E-state index in [0.29, 0.717) is 34.3 Å². The van der Waals surface area contributed by atoms with Gasteiger partial charge >= 0.3 is 0 Å². The average molecular weight is 620 g/mol. The summed E-state index contributed by atoms with van der Waals surface area (Å²) in [7, 11) is 0. The van der Waals surface area contributed by atoms with Gasteiger partial charge in [0, 0.05) is 29.6 Å². The molecule has 0 aliphatic carbocycles. The molecule has 2 amide bonds. The molecular formula is C30H33BrCl2N2O3. The number of carbonyl (C=O) groups excluding carboxylic acids is 2. The van der Waals surface area contributed by atoms with Crippen LogP contribution in [0.5, 0.6) is 5.75 Å². The van der Waals surface area contributed by atoms with Crippen molar-refractivity contribution < 1.29 is 14.3 Å². The maximum absolute atomic E-state index is 13.7. The SMILES string of the molecule is CCc1ccc(OCC(=O)N(Cc2ccc(Cl)cc2Cl)C(Cc2ccccc2)C(=O)NCC(C)C)c(Br)c1. The van der Waals surface area contributed by atoms with Crippen molar-refractivity contribution in [3.8, 4) is 5.75 Å². The van der Waals surface area contributed by atoms with Crippen molar-refractivity contribution in [2.45, 2.75) is 46.2 Å². The van der Waals surface area contributed by atoms with Crippen LogP contribution >= 0.6 is 39.1 Å². The summed E-state index contributed by atoms with van der Waals surface area (Å²) in [5.74, 6) is 0.263. The third-order valence-corrected chi connectivity index (χ3v) is 7.27. The van der Waals surface area contributed by atoms with Crippen LogP contribution in [0.1, 0.15) is 37.5 Å². The molecule has 8 heteroatoms. The van der Waals surface area contributed by atoms with Crippen molar-refractivity contribution in [2.24, 2.45) is 5.92 Å². The van der Waals surface area contributed by atoms with Gasteiger partial charge in [-0.25, -0.2) is 0 Å². The smallest absolute Gasteiger partial charge is 0.261 e. The summed E-state index contributed by atoms with van der Waals surface area (Å²) >= 11 is 16.1. The predicted octanol–water partition coefficient (Wildman–Crippen LogP) is 7.11. The normalized spacial score (nSPS) is 11.8. The largest absolute Gasteiger partial charge is 0.483 e. The molecule has 3 aromatic rings. The number of ether oxygens (including phenoxy) is 1. The molecule has 0 saturated heterocycles. The second-order valence-electron chi connectivity index (χ2n) is 9.51. The van der Waals surface area contributed by atoms with Gasteiger partial charge in [-0.2, -0.15) is 0 Å². The fourth-order valence-electron chi connectivity index (χ4n) is 3.91. The van der Waals surface area contributed by atoms with E-state index in [1.54, 1.807) is 23.1 Å². The molecule has 1 unspecified atom stereocenters. The Bertz CT molecular complexity index is 1240. The summed E-state index contributed by atoms with van der Waals surface area (Å²) < 4.78 is 6.69. The monoisotopic (exact) mass is 618 g/mol. The van der Waals surface area contributed by atoms with Gasteiger partial charge in [0.25, 0.3) is 5.91 Å². The first-order valence-corrected chi connectivity index (χ1v) is 14.2. The first-order chi connectivity index (χ1) is 18.2. The number of nitrogens with one attached hydrogen (secondary N) is 1. The minimum absolute atomic E-state index is 0.126. The minimum Gasteiger partial charge on any atom is -0.483 e. The quantitative estimate of drug-likeness (QED) is 0.235. The third kappa shape index (κ3) is 8.75. The Morgan fingerprint density at radius 3 is 2.37 bits per heavy atom. The maximum Gasteiger partial charge on any atom is 0.261 e. The predicted molar refractivity (Wildman–Crippen MR) is 158 cm³/mol. The molecular weight excluding hydrogens is 587 g/mol. The Morgan fingerprint density at radius 2 is 1.74 bits per heavy atom. The van der Waals surface area contributed by atoms with Crippen LogP contribution < -0.4 is 10.1 Å². The van der Waals surface area contributed by atoms with E-state index in [1.165, 1.54) is 0 Å². The number of halogens is 3. The highest BCUT2D eigenvalue weighted by atomic mass is 79.9. The van der Waals surface area contributed by atoms with Crippen molar-refractivity contribution in [3.63, 3.8) is 0 Å². The highest BCUT2D eigenvalue weighted by Crippen LogP contribution is 2.27. The molecule has 0 radical (unpaired) electrons. The Morgan fingerprint density at radius 1 is 1.00 bits per heavy atom. The standard InChI is InChI=1S/C30H33BrCl2N2O3/c1-4-21-10-13-28(25(31)14-21)38-19-29(36)35(18-23-11-12-24(32)16-26(23)33)27(30(37)34-17-20(2)3)15-22-8-6-5-7-9-22/h5-14,16,20,27H,4,15,17-19H2,1-3H3,(H,34,37). The number of hydrogen-bond donors (Lipinski definition) is 1. The molecule has 5 nitrogen and oxygen atoms in total. The molecule has 0 bridgehead atoms. The van der Waals surface area contributed by atoms with Gasteiger partial charge in [0.05, 0.1) is 4.47 Å². The Kier molecular flexibility index (Phi) is 11.5. The zero-order valence-corrected chi connectivity index (χ0v) is 24.9. The number of rotatable bonds is 12. The summed E-state index contributed by atoms with van der Waals surface area (Å²) in [4.78, 5) is 28.8. The number of aryl methyl sites for hydroxylation is 1. The van der Waals surface area contributed by atoms with Gasteiger partial charge in [-0.05, 0) is 69.2 Å². The number of nitrogens with zero attached hydrogens (tertiary/aromatic N) is 1. The minimum atomic E-state index is -0.773. The lowest BCUT2D eigenvalue weighted by molar-refractivity contribution is -0.142. The van der Waals surface area contributed by atoms with E-state index in [0.717, 1.165) is 22.0 Å². The van der Waals surface area contributed by atoms with Crippen molar-refractivity contribution in [1.29, 1.82) is 0 Å². The van der Waals surface area contributed by atoms with E-state index in [1.807, 2.05) is 62.4 Å². The fraction of sp³-hybridized carbons (Fsp3) is 0.333. The second-order valence-corrected chi connectivity index (χ2v) is 11.2. The highest BCUT2D eigenvalue weighted by molar-refractivity contribution is 9.10. The molecule has 1 atom stereocenters. The molecule has 3 aromatic carbocycles. The molecule has 38 heavy (non-hydrogen) atoms. The van der Waals surface area contributed by atoms with Crippen LogP contribution in [0.25, 0.3) is 0 Å².